The van der Waals surface area contributed by atoms with Crippen molar-refractivity contribution in [3.8, 4) is 11.5 Å². The molecular formula is C27H23ClN4O4. The van der Waals surface area contributed by atoms with Gasteiger partial charge < -0.3 is 25.1 Å². The van der Waals surface area contributed by atoms with Gasteiger partial charge in [-0.05, 0) is 37.1 Å². The number of nitrogens with zero attached hydrogens (tertiary/aromatic N) is 1. The molecule has 1 aliphatic carbocycles. The summed E-state index contributed by atoms with van der Waals surface area (Å²) in [5.41, 5.74) is 1.69. The van der Waals surface area contributed by atoms with E-state index in [2.05, 4.69) is 20.6 Å². The highest BCUT2D eigenvalue weighted by Gasteiger charge is 2.48. The largest absolute Gasteiger partial charge is 0.457 e. The van der Waals surface area contributed by atoms with Gasteiger partial charge in [0.2, 0.25) is 5.91 Å². The number of nitrogens with one attached hydrogen (secondary N) is 3. The Hall–Kier alpha value is -3.88. The Labute approximate surface area is 212 Å². The average Bonchev–Trinajstić information content (AvgIpc) is 3.51. The Kier molecular flexibility index (Phi) is 5.43. The number of halogens is 1. The number of hydrogen-bond donors (Lipinski definition) is 3. The molecule has 36 heavy (non-hydrogen) atoms. The molecule has 1 fully saturated rings. The van der Waals surface area contributed by atoms with E-state index < -0.39 is 5.54 Å². The molecule has 1 spiro atoms. The highest BCUT2D eigenvalue weighted by atomic mass is 35.5. The number of methoxy groups -OCH3 is 1. The van der Waals surface area contributed by atoms with Crippen LogP contribution in [-0.2, 0) is 9.53 Å². The van der Waals surface area contributed by atoms with Crippen LogP contribution in [0.15, 0.2) is 60.9 Å². The Morgan fingerprint density at radius 1 is 1.14 bits per heavy atom. The molecule has 182 valence electrons. The molecule has 1 amide bonds. The van der Waals surface area contributed by atoms with E-state index in [9.17, 15) is 9.59 Å². The number of benzene rings is 2. The number of aromatic nitrogens is 2. The maximum absolute atomic E-state index is 13.7. The van der Waals surface area contributed by atoms with Crippen LogP contribution in [-0.4, -0.2) is 40.4 Å². The van der Waals surface area contributed by atoms with E-state index in [0.717, 1.165) is 6.42 Å². The smallest absolute Gasteiger partial charge is 0.250 e. The third-order valence-corrected chi connectivity index (χ3v) is 7.27. The number of hydrogen-bond acceptors (Lipinski definition) is 6. The minimum Gasteiger partial charge on any atom is -0.457 e. The number of ketones is 1. The molecule has 4 aromatic rings. The molecule has 2 aromatic carbocycles. The first kappa shape index (κ1) is 22.6. The van der Waals surface area contributed by atoms with Crippen LogP contribution in [0.4, 0.5) is 11.4 Å². The SMILES string of the molecule is COC1CCC2(C1)Nc1c(cnc3[nH]cc(C(=O)c4ccc(Oc5ccccc5)cc4Cl)c13)NC2=O. The zero-order chi connectivity index (χ0) is 24.9. The fraction of sp³-hybridized carbons (Fsp3) is 0.222. The van der Waals surface area contributed by atoms with Gasteiger partial charge in [0.15, 0.2) is 5.78 Å². The number of ether oxygens (including phenoxy) is 2. The number of anilines is 2. The fourth-order valence-electron chi connectivity index (χ4n) is 5.07. The van der Waals surface area contributed by atoms with Crippen molar-refractivity contribution in [1.82, 2.24) is 9.97 Å². The summed E-state index contributed by atoms with van der Waals surface area (Å²) >= 11 is 6.54. The Morgan fingerprint density at radius 2 is 1.97 bits per heavy atom. The van der Waals surface area contributed by atoms with E-state index in [1.54, 1.807) is 37.7 Å². The van der Waals surface area contributed by atoms with Crippen LogP contribution < -0.4 is 15.4 Å². The molecule has 0 saturated heterocycles. The maximum Gasteiger partial charge on any atom is 0.250 e. The summed E-state index contributed by atoms with van der Waals surface area (Å²) in [5, 5.41) is 7.32. The first-order chi connectivity index (χ1) is 17.5. The molecular weight excluding hydrogens is 480 g/mol. The number of carbonyl (C=O) groups excluding carboxylic acids is 2. The summed E-state index contributed by atoms with van der Waals surface area (Å²) in [6, 6.07) is 14.3. The van der Waals surface area contributed by atoms with Crippen molar-refractivity contribution < 1.29 is 19.1 Å². The van der Waals surface area contributed by atoms with Crippen molar-refractivity contribution in [2.45, 2.75) is 30.9 Å². The summed E-state index contributed by atoms with van der Waals surface area (Å²) in [6.45, 7) is 0. The molecule has 9 heteroatoms. The Morgan fingerprint density at radius 3 is 2.72 bits per heavy atom. The van der Waals surface area contributed by atoms with E-state index in [1.165, 1.54) is 0 Å². The lowest BCUT2D eigenvalue weighted by atomic mass is 9.92. The quantitative estimate of drug-likeness (QED) is 0.309. The molecule has 2 aromatic heterocycles. The Bertz CT molecular complexity index is 1500. The number of rotatable bonds is 5. The first-order valence-corrected chi connectivity index (χ1v) is 12.0. The second-order valence-electron chi connectivity index (χ2n) is 9.12. The summed E-state index contributed by atoms with van der Waals surface area (Å²) in [7, 11) is 1.66. The molecule has 0 radical (unpaired) electrons. The van der Waals surface area contributed by atoms with E-state index in [-0.39, 0.29) is 22.8 Å². The predicted molar refractivity (Wildman–Crippen MR) is 137 cm³/mol. The van der Waals surface area contributed by atoms with Gasteiger partial charge in [0.1, 0.15) is 22.7 Å². The first-order valence-electron chi connectivity index (χ1n) is 11.7. The molecule has 3 heterocycles. The molecule has 6 rings (SSSR count). The normalized spacial score (nSPS) is 20.7. The van der Waals surface area contributed by atoms with Crippen LogP contribution in [0.5, 0.6) is 11.5 Å². The molecule has 2 atom stereocenters. The lowest BCUT2D eigenvalue weighted by molar-refractivity contribution is -0.120. The monoisotopic (exact) mass is 502 g/mol. The zero-order valence-corrected chi connectivity index (χ0v) is 20.2. The van der Waals surface area contributed by atoms with Crippen molar-refractivity contribution in [2.75, 3.05) is 17.7 Å². The van der Waals surface area contributed by atoms with E-state index in [0.29, 0.717) is 57.9 Å². The Balaban J connectivity index is 1.36. The number of pyridine rings is 1. The minimum absolute atomic E-state index is 0.00937. The van der Waals surface area contributed by atoms with E-state index in [1.807, 2.05) is 30.3 Å². The van der Waals surface area contributed by atoms with Crippen LogP contribution in [0.2, 0.25) is 5.02 Å². The van der Waals surface area contributed by atoms with Gasteiger partial charge in [0.25, 0.3) is 0 Å². The minimum atomic E-state index is -0.798. The zero-order valence-electron chi connectivity index (χ0n) is 19.4. The lowest BCUT2D eigenvalue weighted by Gasteiger charge is -2.36. The van der Waals surface area contributed by atoms with Crippen molar-refractivity contribution in [2.24, 2.45) is 0 Å². The van der Waals surface area contributed by atoms with E-state index in [4.69, 9.17) is 21.1 Å². The second kappa shape index (κ2) is 8.65. The number of H-pyrrole nitrogens is 1. The van der Waals surface area contributed by atoms with Gasteiger partial charge in [-0.25, -0.2) is 4.98 Å². The molecule has 1 aliphatic heterocycles. The fourth-order valence-corrected chi connectivity index (χ4v) is 5.33. The van der Waals surface area contributed by atoms with Crippen molar-refractivity contribution in [3.05, 3.63) is 77.1 Å². The molecule has 0 bridgehead atoms. The maximum atomic E-state index is 13.7. The standard InChI is InChI=1S/C27H23ClN4O4/c1-35-17-9-10-27(12-17)26(34)31-21-14-30-25-22(23(21)32-27)19(13-29-25)24(33)18-8-7-16(11-20(18)28)36-15-5-3-2-4-6-15/h2-8,11,13-14,17,32H,9-10,12H2,1H3,(H,29,30)(H,31,34). The lowest BCUT2D eigenvalue weighted by Crippen LogP contribution is -2.51. The van der Waals surface area contributed by atoms with Gasteiger partial charge in [0, 0.05) is 31.4 Å². The van der Waals surface area contributed by atoms with Gasteiger partial charge in [-0.2, -0.15) is 0 Å². The molecule has 2 unspecified atom stereocenters. The van der Waals surface area contributed by atoms with Crippen LogP contribution in [0.3, 0.4) is 0 Å². The molecule has 3 N–H and O–H groups in total. The van der Waals surface area contributed by atoms with E-state index >= 15 is 0 Å². The average molecular weight is 503 g/mol. The van der Waals surface area contributed by atoms with Crippen LogP contribution in [0, 0.1) is 0 Å². The van der Waals surface area contributed by atoms with Crippen molar-refractivity contribution in [1.29, 1.82) is 0 Å². The third kappa shape index (κ3) is 3.70. The summed E-state index contributed by atoms with van der Waals surface area (Å²) in [4.78, 5) is 34.2. The van der Waals surface area contributed by atoms with Gasteiger partial charge in [-0.3, -0.25) is 9.59 Å². The second-order valence-corrected chi connectivity index (χ2v) is 9.53. The van der Waals surface area contributed by atoms with Crippen molar-refractivity contribution in [3.63, 3.8) is 0 Å². The third-order valence-electron chi connectivity index (χ3n) is 6.96. The molecule has 8 nitrogen and oxygen atoms in total. The van der Waals surface area contributed by atoms with Gasteiger partial charge in [0.05, 0.1) is 39.6 Å². The number of aromatic amines is 1. The van der Waals surface area contributed by atoms with Gasteiger partial charge >= 0.3 is 0 Å². The van der Waals surface area contributed by atoms with Gasteiger partial charge in [-0.15, -0.1) is 0 Å². The summed E-state index contributed by atoms with van der Waals surface area (Å²) < 4.78 is 11.3. The highest BCUT2D eigenvalue weighted by Crippen LogP contribution is 2.44. The molecule has 2 aliphatic rings. The van der Waals surface area contributed by atoms with Crippen LogP contribution >= 0.6 is 11.6 Å². The number of fused-ring (bicyclic) bond motifs is 3. The number of para-hydroxylation sites is 1. The number of carbonyl (C=O) groups is 2. The number of amides is 1. The summed E-state index contributed by atoms with van der Waals surface area (Å²) in [6.07, 6.45) is 5.15. The van der Waals surface area contributed by atoms with Crippen LogP contribution in [0.1, 0.15) is 35.2 Å². The van der Waals surface area contributed by atoms with Crippen LogP contribution in [0.25, 0.3) is 11.0 Å². The highest BCUT2D eigenvalue weighted by molar-refractivity contribution is 6.36. The topological polar surface area (TPSA) is 105 Å². The van der Waals surface area contributed by atoms with Gasteiger partial charge in [-0.1, -0.05) is 29.8 Å². The predicted octanol–water partition coefficient (Wildman–Crippen LogP) is 5.54. The summed E-state index contributed by atoms with van der Waals surface area (Å²) in [5.74, 6) is 0.824. The molecule has 1 saturated carbocycles. The van der Waals surface area contributed by atoms with Crippen molar-refractivity contribution >= 4 is 45.7 Å².